The van der Waals surface area contributed by atoms with E-state index in [1.54, 1.807) is 31.2 Å². The van der Waals surface area contributed by atoms with Gasteiger partial charge in [0.1, 0.15) is 11.6 Å². The van der Waals surface area contributed by atoms with Crippen LogP contribution in [0.2, 0.25) is 0 Å². The van der Waals surface area contributed by atoms with E-state index in [0.29, 0.717) is 11.3 Å². The molecular formula is C18H18FNO4. The maximum absolute atomic E-state index is 13.0. The highest BCUT2D eigenvalue weighted by atomic mass is 19.1. The van der Waals surface area contributed by atoms with Gasteiger partial charge in [-0.3, -0.25) is 9.59 Å². The van der Waals surface area contributed by atoms with Crippen LogP contribution in [0.4, 0.5) is 4.39 Å². The van der Waals surface area contributed by atoms with Gasteiger partial charge < -0.3 is 15.2 Å². The van der Waals surface area contributed by atoms with Gasteiger partial charge in [0.05, 0.1) is 12.5 Å². The van der Waals surface area contributed by atoms with Crippen LogP contribution in [0.25, 0.3) is 0 Å². The first-order chi connectivity index (χ1) is 11.5. The van der Waals surface area contributed by atoms with E-state index >= 15 is 0 Å². The minimum Gasteiger partial charge on any atom is -0.481 e. The number of carboxylic acid groups (broad SMARTS) is 1. The Balaban J connectivity index is 2.06. The minimum atomic E-state index is -1.07. The second-order valence-corrected chi connectivity index (χ2v) is 5.28. The monoisotopic (exact) mass is 331 g/mol. The number of carboxylic acids is 1. The predicted octanol–water partition coefficient (Wildman–Crippen LogP) is 2.93. The average molecular weight is 331 g/mol. The maximum Gasteiger partial charge on any atom is 0.305 e. The van der Waals surface area contributed by atoms with Crippen molar-refractivity contribution in [2.75, 3.05) is 0 Å². The van der Waals surface area contributed by atoms with Crippen LogP contribution in [0.3, 0.4) is 0 Å². The highest BCUT2D eigenvalue weighted by Gasteiger charge is 2.22. The van der Waals surface area contributed by atoms with Gasteiger partial charge >= 0.3 is 5.97 Å². The molecule has 0 aromatic heterocycles. The molecule has 2 rings (SSSR count). The summed E-state index contributed by atoms with van der Waals surface area (Å²) in [6.45, 7) is 1.57. The van der Waals surface area contributed by atoms with E-state index in [9.17, 15) is 14.0 Å². The smallest absolute Gasteiger partial charge is 0.305 e. The Hall–Kier alpha value is -2.89. The Morgan fingerprint density at radius 2 is 1.75 bits per heavy atom. The number of benzene rings is 2. The van der Waals surface area contributed by atoms with Crippen molar-refractivity contribution in [2.45, 2.75) is 25.5 Å². The molecule has 5 nitrogen and oxygen atoms in total. The molecule has 6 heteroatoms. The van der Waals surface area contributed by atoms with Crippen LogP contribution in [-0.2, 0) is 9.59 Å². The Bertz CT molecular complexity index is 688. The molecule has 2 aromatic rings. The van der Waals surface area contributed by atoms with E-state index in [4.69, 9.17) is 9.84 Å². The van der Waals surface area contributed by atoms with Gasteiger partial charge in [-0.1, -0.05) is 30.3 Å². The van der Waals surface area contributed by atoms with Crippen molar-refractivity contribution in [3.8, 4) is 5.75 Å². The Morgan fingerprint density at radius 3 is 2.33 bits per heavy atom. The van der Waals surface area contributed by atoms with Gasteiger partial charge in [0.15, 0.2) is 6.10 Å². The van der Waals surface area contributed by atoms with E-state index < -0.39 is 29.8 Å². The molecule has 0 saturated carbocycles. The first-order valence-electron chi connectivity index (χ1n) is 7.45. The topological polar surface area (TPSA) is 75.6 Å². The fourth-order valence-corrected chi connectivity index (χ4v) is 2.17. The number of carbonyl (C=O) groups excluding carboxylic acids is 1. The molecule has 2 atom stereocenters. The predicted molar refractivity (Wildman–Crippen MR) is 86.1 cm³/mol. The van der Waals surface area contributed by atoms with Crippen molar-refractivity contribution in [1.29, 1.82) is 0 Å². The average Bonchev–Trinajstić information content (AvgIpc) is 2.55. The summed E-state index contributed by atoms with van der Waals surface area (Å²) in [6, 6.07) is 13.4. The van der Waals surface area contributed by atoms with Crippen LogP contribution in [0.1, 0.15) is 24.9 Å². The molecule has 24 heavy (non-hydrogen) atoms. The minimum absolute atomic E-state index is 0.310. The normalized spacial score (nSPS) is 12.9. The number of rotatable bonds is 7. The first kappa shape index (κ1) is 17.5. The molecule has 1 amide bonds. The molecule has 0 aliphatic carbocycles. The lowest BCUT2D eigenvalue weighted by Crippen LogP contribution is -2.39. The van der Waals surface area contributed by atoms with E-state index in [-0.39, 0.29) is 6.42 Å². The van der Waals surface area contributed by atoms with Gasteiger partial charge in [0, 0.05) is 0 Å². The van der Waals surface area contributed by atoms with E-state index in [1.807, 2.05) is 6.07 Å². The highest BCUT2D eigenvalue weighted by molar-refractivity contribution is 5.82. The van der Waals surface area contributed by atoms with Gasteiger partial charge in [-0.2, -0.15) is 0 Å². The largest absolute Gasteiger partial charge is 0.481 e. The highest BCUT2D eigenvalue weighted by Crippen LogP contribution is 2.18. The van der Waals surface area contributed by atoms with Crippen molar-refractivity contribution < 1.29 is 23.8 Å². The molecule has 2 aromatic carbocycles. The summed E-state index contributed by atoms with van der Waals surface area (Å²) in [5.74, 6) is -1.41. The molecule has 126 valence electrons. The fourth-order valence-electron chi connectivity index (χ4n) is 2.17. The van der Waals surface area contributed by atoms with Crippen molar-refractivity contribution in [1.82, 2.24) is 5.32 Å². The summed E-state index contributed by atoms with van der Waals surface area (Å²) < 4.78 is 18.5. The van der Waals surface area contributed by atoms with Gasteiger partial charge in [-0.25, -0.2) is 4.39 Å². The third-order valence-corrected chi connectivity index (χ3v) is 3.39. The quantitative estimate of drug-likeness (QED) is 0.818. The number of hydrogen-bond donors (Lipinski definition) is 2. The molecule has 0 heterocycles. The number of para-hydroxylation sites is 1. The molecule has 0 aliphatic heterocycles. The first-order valence-corrected chi connectivity index (χ1v) is 7.45. The third-order valence-electron chi connectivity index (χ3n) is 3.39. The van der Waals surface area contributed by atoms with Crippen LogP contribution in [0.15, 0.2) is 54.6 Å². The maximum atomic E-state index is 13.0. The summed E-state index contributed by atoms with van der Waals surface area (Å²) in [6.07, 6.45) is -1.11. The number of amides is 1. The lowest BCUT2D eigenvalue weighted by Gasteiger charge is -2.21. The molecule has 0 radical (unpaired) electrons. The zero-order valence-corrected chi connectivity index (χ0v) is 13.1. The Kier molecular flexibility index (Phi) is 5.89. The zero-order valence-electron chi connectivity index (χ0n) is 13.1. The number of halogens is 1. The SMILES string of the molecule is C[C@@H](Oc1ccccc1)C(=O)N[C@@H](CC(=O)O)c1ccc(F)cc1. The Labute approximate surface area is 139 Å². The number of carbonyl (C=O) groups is 2. The van der Waals surface area contributed by atoms with Crippen molar-refractivity contribution >= 4 is 11.9 Å². The van der Waals surface area contributed by atoms with Crippen LogP contribution in [-0.4, -0.2) is 23.1 Å². The van der Waals surface area contributed by atoms with Gasteiger partial charge in [-0.05, 0) is 36.8 Å². The molecule has 0 spiro atoms. The van der Waals surface area contributed by atoms with Crippen LogP contribution in [0, 0.1) is 5.82 Å². The summed E-state index contributed by atoms with van der Waals surface area (Å²) in [5, 5.41) is 11.7. The van der Waals surface area contributed by atoms with Gasteiger partial charge in [0.25, 0.3) is 5.91 Å². The Morgan fingerprint density at radius 1 is 1.12 bits per heavy atom. The van der Waals surface area contributed by atoms with Crippen LogP contribution < -0.4 is 10.1 Å². The number of nitrogens with one attached hydrogen (secondary N) is 1. The standard InChI is InChI=1S/C18H18FNO4/c1-12(24-15-5-3-2-4-6-15)18(23)20-16(11-17(21)22)13-7-9-14(19)10-8-13/h2-10,12,16H,11H2,1H3,(H,20,23)(H,21,22)/t12-,16+/m1/s1. The van der Waals surface area contributed by atoms with Crippen LogP contribution in [0.5, 0.6) is 5.75 Å². The van der Waals surface area contributed by atoms with E-state index in [2.05, 4.69) is 5.32 Å². The molecule has 0 saturated heterocycles. The number of ether oxygens (including phenoxy) is 1. The zero-order chi connectivity index (χ0) is 17.5. The van der Waals surface area contributed by atoms with Crippen molar-refractivity contribution in [3.05, 3.63) is 66.0 Å². The summed E-state index contributed by atoms with van der Waals surface area (Å²) in [7, 11) is 0. The van der Waals surface area contributed by atoms with Gasteiger partial charge in [0.2, 0.25) is 0 Å². The molecular weight excluding hydrogens is 313 g/mol. The van der Waals surface area contributed by atoms with Crippen molar-refractivity contribution in [3.63, 3.8) is 0 Å². The summed E-state index contributed by atoms with van der Waals surface area (Å²) in [5.41, 5.74) is 0.513. The molecule has 2 N–H and O–H groups in total. The summed E-state index contributed by atoms with van der Waals surface area (Å²) in [4.78, 5) is 23.3. The van der Waals surface area contributed by atoms with Gasteiger partial charge in [-0.15, -0.1) is 0 Å². The molecule has 0 fully saturated rings. The molecule has 0 aliphatic rings. The molecule has 0 unspecified atom stereocenters. The lowest BCUT2D eigenvalue weighted by molar-refractivity contribution is -0.138. The third kappa shape index (κ3) is 5.08. The second-order valence-electron chi connectivity index (χ2n) is 5.28. The number of hydrogen-bond acceptors (Lipinski definition) is 3. The number of aliphatic carboxylic acids is 1. The second kappa shape index (κ2) is 8.10. The van der Waals surface area contributed by atoms with Crippen LogP contribution >= 0.6 is 0 Å². The fraction of sp³-hybridized carbons (Fsp3) is 0.222. The van der Waals surface area contributed by atoms with Crippen molar-refractivity contribution in [2.24, 2.45) is 0 Å². The van der Waals surface area contributed by atoms with E-state index in [1.165, 1.54) is 24.3 Å². The van der Waals surface area contributed by atoms with E-state index in [0.717, 1.165) is 0 Å². The summed E-state index contributed by atoms with van der Waals surface area (Å²) >= 11 is 0. The lowest BCUT2D eigenvalue weighted by atomic mass is 10.0. The molecule has 0 bridgehead atoms.